The van der Waals surface area contributed by atoms with E-state index in [0.717, 1.165) is 0 Å². The summed E-state index contributed by atoms with van der Waals surface area (Å²) in [5.74, 6) is -0.446. The first-order valence-electron chi connectivity index (χ1n) is 7.29. The highest BCUT2D eigenvalue weighted by Gasteiger charge is 2.17. The van der Waals surface area contributed by atoms with E-state index in [0.29, 0.717) is 29.6 Å². The molecule has 4 N–H and O–H groups in total. The summed E-state index contributed by atoms with van der Waals surface area (Å²) in [6, 6.07) is 5.34. The maximum atomic E-state index is 12.6. The van der Waals surface area contributed by atoms with E-state index in [9.17, 15) is 9.59 Å². The number of hydrogen-bond acceptors (Lipinski definition) is 4. The van der Waals surface area contributed by atoms with Crippen molar-refractivity contribution in [3.63, 3.8) is 0 Å². The summed E-state index contributed by atoms with van der Waals surface area (Å²) in [4.78, 5) is 24.8. The van der Waals surface area contributed by atoms with Crippen LogP contribution < -0.4 is 16.5 Å². The van der Waals surface area contributed by atoms with Gasteiger partial charge >= 0.3 is 0 Å². The van der Waals surface area contributed by atoms with Crippen molar-refractivity contribution in [2.45, 2.75) is 26.3 Å². The molecule has 6 heteroatoms. The molecule has 0 bridgehead atoms. The van der Waals surface area contributed by atoms with Crippen molar-refractivity contribution in [1.82, 2.24) is 9.88 Å². The lowest BCUT2D eigenvalue weighted by molar-refractivity contribution is 0.0949. The first-order valence-corrected chi connectivity index (χ1v) is 7.29. The van der Waals surface area contributed by atoms with E-state index in [-0.39, 0.29) is 23.6 Å². The van der Waals surface area contributed by atoms with Gasteiger partial charge in [-0.1, -0.05) is 6.07 Å². The van der Waals surface area contributed by atoms with Crippen LogP contribution in [0.3, 0.4) is 0 Å². The standard InChI is InChI=1S/C16H21N3O3/c1-10(2)19-9-11(16(22)18-7-4-8-20)15(21)14-12(17)5-3-6-13(14)19/h3,5-6,9-10,20H,4,7-8,17H2,1-2H3,(H,18,22). The lowest BCUT2D eigenvalue weighted by atomic mass is 10.1. The van der Waals surface area contributed by atoms with Crippen LogP contribution in [-0.2, 0) is 0 Å². The zero-order valence-corrected chi connectivity index (χ0v) is 12.8. The molecule has 0 saturated carbocycles. The molecule has 0 aliphatic carbocycles. The van der Waals surface area contributed by atoms with Crippen LogP contribution in [0, 0.1) is 0 Å². The highest BCUT2D eigenvalue weighted by atomic mass is 16.3. The van der Waals surface area contributed by atoms with Crippen molar-refractivity contribution in [1.29, 1.82) is 0 Å². The third kappa shape index (κ3) is 2.96. The summed E-state index contributed by atoms with van der Waals surface area (Å²) < 4.78 is 1.87. The number of nitrogen functional groups attached to an aromatic ring is 1. The highest BCUT2D eigenvalue weighted by molar-refractivity contribution is 6.00. The summed E-state index contributed by atoms with van der Waals surface area (Å²) in [5.41, 5.74) is 6.71. The molecule has 0 aliphatic heterocycles. The van der Waals surface area contributed by atoms with Gasteiger partial charge < -0.3 is 20.7 Å². The number of amides is 1. The summed E-state index contributed by atoms with van der Waals surface area (Å²) >= 11 is 0. The molecule has 118 valence electrons. The van der Waals surface area contributed by atoms with Crippen LogP contribution >= 0.6 is 0 Å². The monoisotopic (exact) mass is 303 g/mol. The maximum absolute atomic E-state index is 12.6. The van der Waals surface area contributed by atoms with Gasteiger partial charge in [0.05, 0.1) is 10.9 Å². The van der Waals surface area contributed by atoms with Crippen LogP contribution in [0.4, 0.5) is 5.69 Å². The Hall–Kier alpha value is -2.34. The van der Waals surface area contributed by atoms with E-state index < -0.39 is 5.91 Å². The molecule has 2 rings (SSSR count). The third-order valence-corrected chi connectivity index (χ3v) is 3.51. The number of aliphatic hydroxyl groups is 1. The van der Waals surface area contributed by atoms with E-state index in [2.05, 4.69) is 5.32 Å². The largest absolute Gasteiger partial charge is 0.398 e. The normalized spacial score (nSPS) is 11.1. The lowest BCUT2D eigenvalue weighted by Gasteiger charge is -2.17. The fraction of sp³-hybridized carbons (Fsp3) is 0.375. The molecule has 0 unspecified atom stereocenters. The Kier molecular flexibility index (Phi) is 4.82. The van der Waals surface area contributed by atoms with Crippen molar-refractivity contribution in [3.8, 4) is 0 Å². The van der Waals surface area contributed by atoms with Gasteiger partial charge in [0.15, 0.2) is 0 Å². The molecule has 1 aromatic carbocycles. The third-order valence-electron chi connectivity index (χ3n) is 3.51. The van der Waals surface area contributed by atoms with Crippen LogP contribution in [0.15, 0.2) is 29.2 Å². The minimum absolute atomic E-state index is 0.0127. The van der Waals surface area contributed by atoms with E-state index in [4.69, 9.17) is 10.8 Å². The first-order chi connectivity index (χ1) is 10.5. The number of carbonyl (C=O) groups is 1. The fourth-order valence-electron chi connectivity index (χ4n) is 2.39. The number of nitrogens with two attached hydrogens (primary N) is 1. The Morgan fingerprint density at radius 2 is 2.14 bits per heavy atom. The molecule has 6 nitrogen and oxygen atoms in total. The van der Waals surface area contributed by atoms with Gasteiger partial charge in [0.25, 0.3) is 5.91 Å². The number of nitrogens with zero attached hydrogens (tertiary/aromatic N) is 1. The number of rotatable bonds is 5. The molecule has 2 aromatic rings. The summed E-state index contributed by atoms with van der Waals surface area (Å²) in [6.45, 7) is 4.25. The summed E-state index contributed by atoms with van der Waals surface area (Å²) in [7, 11) is 0. The lowest BCUT2D eigenvalue weighted by Crippen LogP contribution is -2.31. The molecule has 1 heterocycles. The zero-order valence-electron chi connectivity index (χ0n) is 12.8. The number of carbonyl (C=O) groups excluding carboxylic acids is 1. The second kappa shape index (κ2) is 6.62. The van der Waals surface area contributed by atoms with Crippen molar-refractivity contribution < 1.29 is 9.90 Å². The number of benzene rings is 1. The average Bonchev–Trinajstić information content (AvgIpc) is 2.47. The minimum Gasteiger partial charge on any atom is -0.398 e. The molecular formula is C16H21N3O3. The molecule has 0 aliphatic rings. The highest BCUT2D eigenvalue weighted by Crippen LogP contribution is 2.21. The average molecular weight is 303 g/mol. The fourth-order valence-corrected chi connectivity index (χ4v) is 2.39. The molecule has 0 saturated heterocycles. The quantitative estimate of drug-likeness (QED) is 0.572. The molecule has 0 spiro atoms. The van der Waals surface area contributed by atoms with Crippen LogP contribution in [-0.4, -0.2) is 28.7 Å². The topological polar surface area (TPSA) is 97.4 Å². The van der Waals surface area contributed by atoms with Gasteiger partial charge in [0, 0.05) is 31.1 Å². The number of anilines is 1. The predicted octanol–water partition coefficient (Wildman–Crippen LogP) is 1.28. The van der Waals surface area contributed by atoms with Crippen molar-refractivity contribution >= 4 is 22.5 Å². The van der Waals surface area contributed by atoms with Gasteiger partial charge in [0.2, 0.25) is 5.43 Å². The van der Waals surface area contributed by atoms with Crippen molar-refractivity contribution in [3.05, 3.63) is 40.2 Å². The van der Waals surface area contributed by atoms with Crippen molar-refractivity contribution in [2.75, 3.05) is 18.9 Å². The molecule has 1 aromatic heterocycles. The van der Waals surface area contributed by atoms with Gasteiger partial charge in [-0.15, -0.1) is 0 Å². The number of aliphatic hydroxyl groups excluding tert-OH is 1. The predicted molar refractivity (Wildman–Crippen MR) is 87.0 cm³/mol. The zero-order chi connectivity index (χ0) is 16.3. The number of fused-ring (bicyclic) bond motifs is 1. The van der Waals surface area contributed by atoms with E-state index in [1.54, 1.807) is 18.3 Å². The molecule has 0 atom stereocenters. The number of aromatic nitrogens is 1. The Morgan fingerprint density at radius 3 is 2.77 bits per heavy atom. The Labute approximate surface area is 128 Å². The maximum Gasteiger partial charge on any atom is 0.256 e. The first kappa shape index (κ1) is 16.0. The van der Waals surface area contributed by atoms with Gasteiger partial charge in [-0.3, -0.25) is 9.59 Å². The SMILES string of the molecule is CC(C)n1cc(C(=O)NCCCO)c(=O)c2c(N)cccc21. The van der Waals surface area contributed by atoms with E-state index >= 15 is 0 Å². The van der Waals surface area contributed by atoms with Crippen LogP contribution in [0.25, 0.3) is 10.9 Å². The van der Waals surface area contributed by atoms with Crippen LogP contribution in [0.1, 0.15) is 36.7 Å². The Morgan fingerprint density at radius 1 is 1.41 bits per heavy atom. The summed E-state index contributed by atoms with van der Waals surface area (Å²) in [5, 5.41) is 11.8. The Balaban J connectivity index is 2.61. The van der Waals surface area contributed by atoms with Gasteiger partial charge in [-0.2, -0.15) is 0 Å². The van der Waals surface area contributed by atoms with E-state index in [1.165, 1.54) is 0 Å². The van der Waals surface area contributed by atoms with Crippen molar-refractivity contribution in [2.24, 2.45) is 0 Å². The summed E-state index contributed by atoms with van der Waals surface area (Å²) in [6.07, 6.45) is 2.02. The number of nitrogens with one attached hydrogen (secondary N) is 1. The molecule has 0 radical (unpaired) electrons. The smallest absolute Gasteiger partial charge is 0.256 e. The molecular weight excluding hydrogens is 282 g/mol. The molecule has 0 fully saturated rings. The van der Waals surface area contributed by atoms with Crippen LogP contribution in [0.5, 0.6) is 0 Å². The van der Waals surface area contributed by atoms with Gasteiger partial charge in [-0.25, -0.2) is 0 Å². The molecule has 1 amide bonds. The second-order valence-corrected chi connectivity index (χ2v) is 5.45. The van der Waals surface area contributed by atoms with E-state index in [1.807, 2.05) is 24.5 Å². The number of hydrogen-bond donors (Lipinski definition) is 3. The Bertz CT molecular complexity index is 750. The molecule has 22 heavy (non-hydrogen) atoms. The van der Waals surface area contributed by atoms with Gasteiger partial charge in [0.1, 0.15) is 5.56 Å². The van der Waals surface area contributed by atoms with Crippen LogP contribution in [0.2, 0.25) is 0 Å². The number of pyridine rings is 1. The second-order valence-electron chi connectivity index (χ2n) is 5.45. The minimum atomic E-state index is -0.446. The van der Waals surface area contributed by atoms with Gasteiger partial charge in [-0.05, 0) is 32.4 Å².